The second-order valence-electron chi connectivity index (χ2n) is 9.88. The molecule has 0 unspecified atom stereocenters. The van der Waals surface area contributed by atoms with E-state index in [0.29, 0.717) is 12.2 Å². The molecular formula is C31H32N6O. The highest BCUT2D eigenvalue weighted by atomic mass is 16.2. The highest BCUT2D eigenvalue weighted by molar-refractivity contribution is 5.85. The zero-order valence-corrected chi connectivity index (χ0v) is 21.7. The molecule has 0 spiro atoms. The van der Waals surface area contributed by atoms with Gasteiger partial charge in [-0.2, -0.15) is 0 Å². The molecule has 1 aliphatic rings. The van der Waals surface area contributed by atoms with E-state index in [1.165, 1.54) is 27.9 Å². The molecule has 38 heavy (non-hydrogen) atoms. The van der Waals surface area contributed by atoms with Crippen LogP contribution in [0.3, 0.4) is 0 Å². The normalized spacial score (nSPS) is 14.3. The minimum atomic E-state index is -0.0647. The number of hydrogen-bond donors (Lipinski definition) is 0. The number of aryl methyl sites for hydroxylation is 2. The minimum Gasteiger partial charge on any atom is -0.369 e. The Morgan fingerprint density at radius 3 is 2.50 bits per heavy atom. The molecule has 1 saturated heterocycles. The maximum Gasteiger partial charge on any atom is 0.350 e. The Kier molecular flexibility index (Phi) is 6.75. The zero-order chi connectivity index (χ0) is 25.9. The molecule has 7 heteroatoms. The SMILES string of the molecule is Cc1cccc(-c2cccc(N3CCN(CCCn4nc5ccccn5c4=O)CC3)c2)c1-c1ccccn1. The van der Waals surface area contributed by atoms with Gasteiger partial charge in [-0.05, 0) is 66.4 Å². The lowest BCUT2D eigenvalue weighted by Gasteiger charge is -2.36. The maximum atomic E-state index is 12.5. The zero-order valence-electron chi connectivity index (χ0n) is 21.7. The van der Waals surface area contributed by atoms with Gasteiger partial charge in [0.2, 0.25) is 0 Å². The van der Waals surface area contributed by atoms with Gasteiger partial charge in [-0.3, -0.25) is 14.3 Å². The molecule has 192 valence electrons. The molecule has 2 aromatic carbocycles. The van der Waals surface area contributed by atoms with Crippen LogP contribution in [0.1, 0.15) is 12.0 Å². The Morgan fingerprint density at radius 1 is 0.842 bits per heavy atom. The largest absolute Gasteiger partial charge is 0.369 e. The molecule has 0 amide bonds. The first kappa shape index (κ1) is 24.1. The van der Waals surface area contributed by atoms with Crippen LogP contribution in [0, 0.1) is 6.92 Å². The topological polar surface area (TPSA) is 58.7 Å². The van der Waals surface area contributed by atoms with Gasteiger partial charge in [0.25, 0.3) is 0 Å². The Bertz CT molecular complexity index is 1600. The predicted octanol–water partition coefficient (Wildman–Crippen LogP) is 4.75. The minimum absolute atomic E-state index is 0.0647. The number of rotatable bonds is 7. The summed E-state index contributed by atoms with van der Waals surface area (Å²) >= 11 is 0. The van der Waals surface area contributed by atoms with Crippen LogP contribution < -0.4 is 10.6 Å². The van der Waals surface area contributed by atoms with Gasteiger partial charge >= 0.3 is 5.69 Å². The number of pyridine rings is 2. The molecule has 0 atom stereocenters. The van der Waals surface area contributed by atoms with Gasteiger partial charge in [-0.15, -0.1) is 5.10 Å². The first-order valence-corrected chi connectivity index (χ1v) is 13.3. The Morgan fingerprint density at radius 2 is 1.68 bits per heavy atom. The van der Waals surface area contributed by atoms with E-state index in [-0.39, 0.29) is 5.69 Å². The van der Waals surface area contributed by atoms with Gasteiger partial charge in [0.05, 0.1) is 5.69 Å². The summed E-state index contributed by atoms with van der Waals surface area (Å²) in [5.41, 5.74) is 7.75. The third-order valence-corrected chi connectivity index (χ3v) is 7.42. The van der Waals surface area contributed by atoms with E-state index in [4.69, 9.17) is 0 Å². The van der Waals surface area contributed by atoms with Crippen molar-refractivity contribution in [1.82, 2.24) is 24.1 Å². The standard InChI is InChI=1S/C31H32N6O/c1-24-9-6-12-27(30(24)28-13-2-4-15-32-28)25-10-7-11-26(23-25)35-21-19-34(20-22-35)16-8-18-37-31(38)36-17-5-3-14-29(36)33-37/h2-7,9-15,17,23H,8,16,18-22H2,1H3. The van der Waals surface area contributed by atoms with Crippen LogP contribution >= 0.6 is 0 Å². The van der Waals surface area contributed by atoms with Crippen molar-refractivity contribution >= 4 is 11.3 Å². The average Bonchev–Trinajstić information content (AvgIpc) is 3.29. The fourth-order valence-electron chi connectivity index (χ4n) is 5.42. The van der Waals surface area contributed by atoms with Crippen LogP contribution in [-0.4, -0.2) is 56.8 Å². The Hall–Kier alpha value is -4.23. The van der Waals surface area contributed by atoms with Gasteiger partial charge in [-0.25, -0.2) is 9.48 Å². The predicted molar refractivity (Wildman–Crippen MR) is 153 cm³/mol. The van der Waals surface area contributed by atoms with Crippen molar-refractivity contribution in [3.05, 3.63) is 107 Å². The first-order chi connectivity index (χ1) is 18.7. The third-order valence-electron chi connectivity index (χ3n) is 7.42. The summed E-state index contributed by atoms with van der Waals surface area (Å²) < 4.78 is 3.19. The molecule has 0 bridgehead atoms. The monoisotopic (exact) mass is 504 g/mol. The molecule has 4 heterocycles. The summed E-state index contributed by atoms with van der Waals surface area (Å²) in [6, 6.07) is 27.1. The van der Waals surface area contributed by atoms with Crippen LogP contribution in [0.4, 0.5) is 5.69 Å². The van der Waals surface area contributed by atoms with E-state index in [2.05, 4.69) is 75.3 Å². The van der Waals surface area contributed by atoms with Crippen LogP contribution in [0.2, 0.25) is 0 Å². The van der Waals surface area contributed by atoms with E-state index in [9.17, 15) is 4.79 Å². The average molecular weight is 505 g/mol. The number of nitrogens with zero attached hydrogens (tertiary/aromatic N) is 6. The number of hydrogen-bond acceptors (Lipinski definition) is 5. The fraction of sp³-hybridized carbons (Fsp3) is 0.258. The first-order valence-electron chi connectivity index (χ1n) is 13.3. The number of aromatic nitrogens is 4. The van der Waals surface area contributed by atoms with Gasteiger partial charge < -0.3 is 4.90 Å². The summed E-state index contributed by atoms with van der Waals surface area (Å²) in [6.07, 6.45) is 4.54. The second kappa shape index (κ2) is 10.6. The molecule has 0 radical (unpaired) electrons. The molecule has 0 N–H and O–H groups in total. The summed E-state index contributed by atoms with van der Waals surface area (Å²) in [4.78, 5) is 22.1. The third kappa shape index (κ3) is 4.85. The molecule has 5 aromatic rings. The lowest BCUT2D eigenvalue weighted by molar-refractivity contribution is 0.248. The molecule has 0 saturated carbocycles. The molecule has 7 nitrogen and oxygen atoms in total. The second-order valence-corrected chi connectivity index (χ2v) is 9.88. The summed E-state index contributed by atoms with van der Waals surface area (Å²) in [5.74, 6) is 0. The van der Waals surface area contributed by atoms with Crippen molar-refractivity contribution in [1.29, 1.82) is 0 Å². The summed E-state index contributed by atoms with van der Waals surface area (Å²) in [7, 11) is 0. The van der Waals surface area contributed by atoms with Crippen molar-refractivity contribution in [3.8, 4) is 22.4 Å². The maximum absolute atomic E-state index is 12.5. The fourth-order valence-corrected chi connectivity index (χ4v) is 5.42. The number of anilines is 1. The highest BCUT2D eigenvalue weighted by Gasteiger charge is 2.18. The quantitative estimate of drug-likeness (QED) is 0.320. The van der Waals surface area contributed by atoms with Gasteiger partial charge in [0.15, 0.2) is 5.65 Å². The van der Waals surface area contributed by atoms with E-state index < -0.39 is 0 Å². The van der Waals surface area contributed by atoms with E-state index in [1.807, 2.05) is 36.5 Å². The Labute approximate surface area is 222 Å². The number of benzene rings is 2. The van der Waals surface area contributed by atoms with Crippen LogP contribution in [-0.2, 0) is 6.54 Å². The Balaban J connectivity index is 1.10. The number of piperazine rings is 1. The van der Waals surface area contributed by atoms with Crippen molar-refractivity contribution in [2.45, 2.75) is 19.9 Å². The van der Waals surface area contributed by atoms with E-state index in [1.54, 1.807) is 15.3 Å². The molecule has 1 fully saturated rings. The van der Waals surface area contributed by atoms with Crippen molar-refractivity contribution in [2.24, 2.45) is 0 Å². The van der Waals surface area contributed by atoms with Crippen LogP contribution in [0.15, 0.2) is 96.1 Å². The van der Waals surface area contributed by atoms with Gasteiger partial charge in [-0.1, -0.05) is 42.5 Å². The number of fused-ring (bicyclic) bond motifs is 1. The van der Waals surface area contributed by atoms with Crippen molar-refractivity contribution in [2.75, 3.05) is 37.6 Å². The van der Waals surface area contributed by atoms with E-state index in [0.717, 1.165) is 44.8 Å². The van der Waals surface area contributed by atoms with E-state index >= 15 is 0 Å². The van der Waals surface area contributed by atoms with Crippen LogP contribution in [0.25, 0.3) is 28.0 Å². The van der Waals surface area contributed by atoms with Crippen LogP contribution in [0.5, 0.6) is 0 Å². The summed E-state index contributed by atoms with van der Waals surface area (Å²) in [5, 5.41) is 4.45. The van der Waals surface area contributed by atoms with Crippen molar-refractivity contribution < 1.29 is 0 Å². The molecule has 1 aliphatic heterocycles. The lowest BCUT2D eigenvalue weighted by atomic mass is 9.93. The summed E-state index contributed by atoms with van der Waals surface area (Å²) in [6.45, 7) is 7.74. The molecule has 6 rings (SSSR count). The smallest absolute Gasteiger partial charge is 0.350 e. The van der Waals surface area contributed by atoms with Gasteiger partial charge in [0.1, 0.15) is 0 Å². The molecular weight excluding hydrogens is 472 g/mol. The van der Waals surface area contributed by atoms with Crippen molar-refractivity contribution in [3.63, 3.8) is 0 Å². The molecule has 0 aliphatic carbocycles. The lowest BCUT2D eigenvalue weighted by Crippen LogP contribution is -2.46. The molecule has 3 aromatic heterocycles. The highest BCUT2D eigenvalue weighted by Crippen LogP contribution is 2.35. The van der Waals surface area contributed by atoms with Gasteiger partial charge in [0, 0.05) is 62.9 Å².